The number of aromatic nitrogens is 1. The lowest BCUT2D eigenvalue weighted by Crippen LogP contribution is -2.51. The molecule has 1 aromatic rings. The van der Waals surface area contributed by atoms with Crippen LogP contribution in [-0.4, -0.2) is 67.1 Å². The summed E-state index contributed by atoms with van der Waals surface area (Å²) in [6.07, 6.45) is 0. The normalized spacial score (nSPS) is 12.0. The number of ether oxygens (including phenoxy) is 2. The second-order valence-electron chi connectivity index (χ2n) is 6.45. The number of hydrogen-bond acceptors (Lipinski definition) is 5. The molecule has 0 fully saturated rings. The number of carbonyl (C=O) groups is 3. The van der Waals surface area contributed by atoms with Gasteiger partial charge in [0.15, 0.2) is 5.78 Å². The highest BCUT2D eigenvalue weighted by Crippen LogP contribution is 2.22. The number of carbonyl (C=O) groups excluding carboxylic acids is 3. The molecule has 26 heavy (non-hydrogen) atoms. The third-order valence-electron chi connectivity index (χ3n) is 4.13. The monoisotopic (exact) mass is 367 g/mol. The van der Waals surface area contributed by atoms with Gasteiger partial charge in [-0.05, 0) is 40.2 Å². The van der Waals surface area contributed by atoms with Crippen molar-refractivity contribution in [3.63, 3.8) is 0 Å². The number of urea groups is 1. The summed E-state index contributed by atoms with van der Waals surface area (Å²) in [5.41, 5.74) is 1.73. The molecule has 0 aliphatic carbocycles. The Balaban J connectivity index is 3.17. The number of hydrogen-bond donors (Lipinski definition) is 2. The fourth-order valence-corrected chi connectivity index (χ4v) is 2.77. The number of methoxy groups -OCH3 is 2. The maximum absolute atomic E-state index is 13.1. The Morgan fingerprint density at radius 3 is 2.27 bits per heavy atom. The molecule has 1 heterocycles. The van der Waals surface area contributed by atoms with Crippen LogP contribution in [0.3, 0.4) is 0 Å². The van der Waals surface area contributed by atoms with Gasteiger partial charge in [-0.3, -0.25) is 4.79 Å². The number of amides is 2. The van der Waals surface area contributed by atoms with Crippen LogP contribution >= 0.6 is 0 Å². The molecular formula is C18H29N3O5. The van der Waals surface area contributed by atoms with Gasteiger partial charge in [-0.15, -0.1) is 0 Å². The minimum Gasteiger partial charge on any atom is -0.464 e. The summed E-state index contributed by atoms with van der Waals surface area (Å²) in [6.45, 7) is 9.35. The first kappa shape index (κ1) is 21.7. The van der Waals surface area contributed by atoms with E-state index in [9.17, 15) is 14.4 Å². The zero-order valence-electron chi connectivity index (χ0n) is 16.6. The van der Waals surface area contributed by atoms with Crippen LogP contribution in [0.4, 0.5) is 4.79 Å². The molecule has 0 aliphatic rings. The molecule has 0 spiro atoms. The Bertz CT molecular complexity index is 666. The Kier molecular flexibility index (Phi) is 7.82. The van der Waals surface area contributed by atoms with E-state index in [2.05, 4.69) is 10.3 Å². The van der Waals surface area contributed by atoms with Crippen LogP contribution in [0.25, 0.3) is 0 Å². The van der Waals surface area contributed by atoms with Gasteiger partial charge >= 0.3 is 12.0 Å². The smallest absolute Gasteiger partial charge is 0.354 e. The summed E-state index contributed by atoms with van der Waals surface area (Å²) in [5, 5.41) is 2.80. The first-order valence-corrected chi connectivity index (χ1v) is 8.53. The van der Waals surface area contributed by atoms with Crippen LogP contribution in [0.15, 0.2) is 0 Å². The molecule has 0 radical (unpaired) electrons. The molecule has 0 aliphatic heterocycles. The van der Waals surface area contributed by atoms with Crippen molar-refractivity contribution < 1.29 is 23.9 Å². The average Bonchev–Trinajstić information content (AvgIpc) is 2.87. The second-order valence-corrected chi connectivity index (χ2v) is 6.45. The minimum atomic E-state index is -0.720. The zero-order valence-corrected chi connectivity index (χ0v) is 16.6. The molecule has 8 heteroatoms. The first-order valence-electron chi connectivity index (χ1n) is 8.53. The molecule has 1 unspecified atom stereocenters. The highest BCUT2D eigenvalue weighted by molar-refractivity contribution is 6.06. The van der Waals surface area contributed by atoms with Crippen molar-refractivity contribution in [1.82, 2.24) is 15.2 Å². The number of aryl methyl sites for hydroxylation is 1. The summed E-state index contributed by atoms with van der Waals surface area (Å²) in [4.78, 5) is 41.7. The van der Waals surface area contributed by atoms with E-state index in [4.69, 9.17) is 9.47 Å². The second kappa shape index (κ2) is 9.38. The van der Waals surface area contributed by atoms with Crippen LogP contribution in [-0.2, 0) is 9.47 Å². The van der Waals surface area contributed by atoms with E-state index in [1.54, 1.807) is 20.8 Å². The van der Waals surface area contributed by atoms with Crippen LogP contribution in [0.5, 0.6) is 0 Å². The third kappa shape index (κ3) is 4.85. The zero-order chi connectivity index (χ0) is 20.0. The topological polar surface area (TPSA) is 101 Å². The number of nitrogens with one attached hydrogen (secondary N) is 2. The Morgan fingerprint density at radius 2 is 1.77 bits per heavy atom. The molecule has 8 nitrogen and oxygen atoms in total. The van der Waals surface area contributed by atoms with Gasteiger partial charge in [0, 0.05) is 31.0 Å². The molecular weight excluding hydrogens is 338 g/mol. The predicted molar refractivity (Wildman–Crippen MR) is 97.6 cm³/mol. The van der Waals surface area contributed by atoms with Crippen molar-refractivity contribution in [3.8, 4) is 0 Å². The number of rotatable bonds is 8. The molecule has 0 saturated carbocycles. The molecule has 1 aromatic heterocycles. The largest absolute Gasteiger partial charge is 0.464 e. The van der Waals surface area contributed by atoms with E-state index in [1.807, 2.05) is 13.8 Å². The van der Waals surface area contributed by atoms with E-state index in [1.165, 1.54) is 19.1 Å². The lowest BCUT2D eigenvalue weighted by molar-refractivity contribution is 0.0593. The van der Waals surface area contributed by atoms with Crippen molar-refractivity contribution in [3.05, 3.63) is 22.5 Å². The quantitative estimate of drug-likeness (QED) is 0.541. The number of esters is 1. The molecule has 0 saturated heterocycles. The standard InChI is InChI=1S/C18H29N3O5/c1-10(2)19-18(24)21(8-9-25-6)13(5)16(22)14-11(3)15(17(23)26-7)20-12(14)4/h10,13,20H,8-9H2,1-7H3,(H,19,24). The first-order chi connectivity index (χ1) is 12.1. The van der Waals surface area contributed by atoms with Gasteiger partial charge in [0.25, 0.3) is 0 Å². The van der Waals surface area contributed by atoms with Crippen molar-refractivity contribution in [2.24, 2.45) is 0 Å². The summed E-state index contributed by atoms with van der Waals surface area (Å²) in [5.74, 6) is -0.785. The number of H-pyrrole nitrogens is 1. The van der Waals surface area contributed by atoms with Gasteiger partial charge in [0.05, 0.1) is 19.8 Å². The van der Waals surface area contributed by atoms with E-state index < -0.39 is 12.0 Å². The molecule has 0 aromatic carbocycles. The molecule has 2 N–H and O–H groups in total. The van der Waals surface area contributed by atoms with Gasteiger partial charge in [0.2, 0.25) is 0 Å². The van der Waals surface area contributed by atoms with Crippen LogP contribution in [0, 0.1) is 13.8 Å². The van der Waals surface area contributed by atoms with Gasteiger partial charge in [-0.25, -0.2) is 9.59 Å². The lowest BCUT2D eigenvalue weighted by atomic mass is 10.00. The molecule has 0 bridgehead atoms. The summed E-state index contributed by atoms with van der Waals surface area (Å²) in [7, 11) is 2.82. The van der Waals surface area contributed by atoms with Crippen molar-refractivity contribution in [2.45, 2.75) is 46.7 Å². The molecule has 1 atom stereocenters. The SMILES string of the molecule is COCCN(C(=O)NC(C)C)C(C)C(=O)c1c(C)[nH]c(C(=O)OC)c1C. The molecule has 146 valence electrons. The molecule has 2 amide bonds. The summed E-state index contributed by atoms with van der Waals surface area (Å²) in [6, 6.07) is -1.11. The molecule has 1 rings (SSSR count). The maximum Gasteiger partial charge on any atom is 0.354 e. The Labute approximate surface area is 154 Å². The van der Waals surface area contributed by atoms with Crippen molar-refractivity contribution in [2.75, 3.05) is 27.4 Å². The summed E-state index contributed by atoms with van der Waals surface area (Å²) < 4.78 is 9.80. The number of aromatic amines is 1. The summed E-state index contributed by atoms with van der Waals surface area (Å²) >= 11 is 0. The fraction of sp³-hybridized carbons (Fsp3) is 0.611. The Hall–Kier alpha value is -2.35. The predicted octanol–water partition coefficient (Wildman–Crippen LogP) is 2.06. The van der Waals surface area contributed by atoms with Crippen molar-refractivity contribution in [1.29, 1.82) is 0 Å². The highest BCUT2D eigenvalue weighted by atomic mass is 16.5. The van der Waals surface area contributed by atoms with Gasteiger partial charge in [-0.1, -0.05) is 0 Å². The van der Waals surface area contributed by atoms with E-state index in [-0.39, 0.29) is 30.1 Å². The Morgan fingerprint density at radius 1 is 1.15 bits per heavy atom. The van der Waals surface area contributed by atoms with Crippen LogP contribution < -0.4 is 5.32 Å². The van der Waals surface area contributed by atoms with Crippen molar-refractivity contribution >= 4 is 17.8 Å². The maximum atomic E-state index is 13.1. The third-order valence-corrected chi connectivity index (χ3v) is 4.13. The lowest BCUT2D eigenvalue weighted by Gasteiger charge is -2.29. The van der Waals surface area contributed by atoms with Gasteiger partial charge < -0.3 is 24.7 Å². The fourth-order valence-electron chi connectivity index (χ4n) is 2.77. The average molecular weight is 367 g/mol. The van der Waals surface area contributed by atoms with Gasteiger partial charge in [0.1, 0.15) is 5.69 Å². The van der Waals surface area contributed by atoms with Crippen LogP contribution in [0.1, 0.15) is 52.9 Å². The number of ketones is 1. The van der Waals surface area contributed by atoms with E-state index >= 15 is 0 Å². The highest BCUT2D eigenvalue weighted by Gasteiger charge is 2.31. The van der Waals surface area contributed by atoms with E-state index in [0.717, 1.165) is 0 Å². The number of nitrogens with zero attached hydrogens (tertiary/aromatic N) is 1. The minimum absolute atomic E-state index is 0.0588. The number of Topliss-reactive ketones (excluding diaryl/α,β-unsaturated/α-hetero) is 1. The van der Waals surface area contributed by atoms with E-state index in [0.29, 0.717) is 23.4 Å². The van der Waals surface area contributed by atoms with Gasteiger partial charge in [-0.2, -0.15) is 0 Å². The van der Waals surface area contributed by atoms with Crippen LogP contribution in [0.2, 0.25) is 0 Å².